The molecule has 0 aliphatic carbocycles. The van der Waals surface area contributed by atoms with Gasteiger partial charge in [-0.3, -0.25) is 4.90 Å². The largest absolute Gasteiger partial charge is 0.441 e. The monoisotopic (exact) mass is 282 g/mol. The Labute approximate surface area is 123 Å². The third-order valence-electron chi connectivity index (χ3n) is 5.53. The van der Waals surface area contributed by atoms with Crippen LogP contribution in [0.5, 0.6) is 0 Å². The van der Waals surface area contributed by atoms with Crippen LogP contribution in [0.4, 0.5) is 4.79 Å². The van der Waals surface area contributed by atoms with Gasteiger partial charge in [0.2, 0.25) is 0 Å². The number of fused-ring (bicyclic) bond motifs is 1. The molecule has 4 atom stereocenters. The summed E-state index contributed by atoms with van der Waals surface area (Å²) >= 11 is 0. The summed E-state index contributed by atoms with van der Waals surface area (Å²) in [6, 6.07) is 0.657. The van der Waals surface area contributed by atoms with E-state index < -0.39 is 0 Å². The molecule has 0 aromatic heterocycles. The zero-order valence-corrected chi connectivity index (χ0v) is 14.0. The van der Waals surface area contributed by atoms with Crippen LogP contribution < -0.4 is 0 Å². The highest BCUT2D eigenvalue weighted by atomic mass is 16.6. The predicted octanol–water partition coefficient (Wildman–Crippen LogP) is 2.83. The topological polar surface area (TPSA) is 32.8 Å². The lowest BCUT2D eigenvalue weighted by atomic mass is 9.74. The Kier molecular flexibility index (Phi) is 4.07. The highest BCUT2D eigenvalue weighted by molar-refractivity contribution is 5.72. The van der Waals surface area contributed by atoms with Gasteiger partial charge in [0, 0.05) is 19.1 Å². The second-order valence-electron chi connectivity index (χ2n) is 7.42. The summed E-state index contributed by atoms with van der Waals surface area (Å²) in [5, 5.41) is 0. The van der Waals surface area contributed by atoms with Crippen molar-refractivity contribution in [2.24, 2.45) is 17.8 Å². The van der Waals surface area contributed by atoms with E-state index in [-0.39, 0.29) is 17.7 Å². The lowest BCUT2D eigenvalue weighted by Gasteiger charge is -2.42. The van der Waals surface area contributed by atoms with Gasteiger partial charge < -0.3 is 9.64 Å². The number of carbonyl (C=O) groups is 1. The quantitative estimate of drug-likeness (QED) is 0.781. The summed E-state index contributed by atoms with van der Waals surface area (Å²) in [6.45, 7) is 15.0. The molecule has 4 unspecified atom stereocenters. The summed E-state index contributed by atoms with van der Waals surface area (Å²) in [5.41, 5.74) is -0.380. The molecule has 4 nitrogen and oxygen atoms in total. The number of carbonyl (C=O) groups excluding carboxylic acids is 1. The fourth-order valence-corrected chi connectivity index (χ4v) is 4.34. The van der Waals surface area contributed by atoms with Gasteiger partial charge in [0.15, 0.2) is 0 Å². The second kappa shape index (κ2) is 5.21. The molecular formula is C16H30N2O2. The van der Waals surface area contributed by atoms with Crippen LogP contribution in [-0.2, 0) is 4.74 Å². The van der Waals surface area contributed by atoms with E-state index in [0.717, 1.165) is 13.1 Å². The molecule has 116 valence electrons. The lowest BCUT2D eigenvalue weighted by molar-refractivity contribution is -0.0156. The number of ether oxygens (including phenoxy) is 1. The molecule has 0 N–H and O–H groups in total. The van der Waals surface area contributed by atoms with E-state index in [0.29, 0.717) is 23.8 Å². The molecule has 0 aromatic rings. The summed E-state index contributed by atoms with van der Waals surface area (Å²) in [4.78, 5) is 16.7. The minimum atomic E-state index is -0.380. The van der Waals surface area contributed by atoms with Gasteiger partial charge in [-0.1, -0.05) is 34.6 Å². The van der Waals surface area contributed by atoms with E-state index in [9.17, 15) is 4.79 Å². The van der Waals surface area contributed by atoms with Crippen LogP contribution in [0.15, 0.2) is 0 Å². The van der Waals surface area contributed by atoms with Gasteiger partial charge in [-0.2, -0.15) is 0 Å². The Balaban J connectivity index is 2.42. The van der Waals surface area contributed by atoms with Crippen molar-refractivity contribution in [2.75, 3.05) is 20.1 Å². The molecule has 2 aliphatic rings. The molecule has 2 heterocycles. The van der Waals surface area contributed by atoms with Crippen molar-refractivity contribution in [3.05, 3.63) is 0 Å². The van der Waals surface area contributed by atoms with E-state index in [4.69, 9.17) is 4.74 Å². The van der Waals surface area contributed by atoms with Crippen LogP contribution in [0, 0.1) is 17.8 Å². The van der Waals surface area contributed by atoms with Crippen LogP contribution in [-0.4, -0.2) is 53.7 Å². The molecule has 0 radical (unpaired) electrons. The first-order valence-corrected chi connectivity index (χ1v) is 7.90. The van der Waals surface area contributed by atoms with Gasteiger partial charge in [0.25, 0.3) is 0 Å². The molecule has 4 heteroatoms. The zero-order valence-electron chi connectivity index (χ0n) is 14.0. The summed E-state index contributed by atoms with van der Waals surface area (Å²) in [5.74, 6) is 1.29. The average molecular weight is 282 g/mol. The van der Waals surface area contributed by atoms with Crippen LogP contribution in [0.2, 0.25) is 0 Å². The number of likely N-dealkylation sites (N-methyl/N-ethyl adjacent to an activating group) is 1. The Hall–Kier alpha value is -0.770. The molecule has 2 saturated heterocycles. The molecule has 0 saturated carbocycles. The van der Waals surface area contributed by atoms with Crippen molar-refractivity contribution in [3.63, 3.8) is 0 Å². The lowest BCUT2D eigenvalue weighted by Crippen LogP contribution is -2.54. The summed E-state index contributed by atoms with van der Waals surface area (Å²) in [7, 11) is 2.18. The number of rotatable bonds is 2. The van der Waals surface area contributed by atoms with E-state index in [1.54, 1.807) is 0 Å². The van der Waals surface area contributed by atoms with Crippen molar-refractivity contribution in [3.8, 4) is 0 Å². The molecule has 0 spiro atoms. The first-order valence-electron chi connectivity index (χ1n) is 7.90. The highest BCUT2D eigenvalue weighted by Crippen LogP contribution is 2.43. The van der Waals surface area contributed by atoms with Crippen molar-refractivity contribution < 1.29 is 9.53 Å². The van der Waals surface area contributed by atoms with Gasteiger partial charge >= 0.3 is 6.09 Å². The Morgan fingerprint density at radius 2 is 1.85 bits per heavy atom. The molecule has 1 amide bonds. The average Bonchev–Trinajstić information content (AvgIpc) is 2.49. The van der Waals surface area contributed by atoms with Crippen LogP contribution >= 0.6 is 0 Å². The van der Waals surface area contributed by atoms with Gasteiger partial charge in [-0.25, -0.2) is 4.79 Å². The highest BCUT2D eigenvalue weighted by Gasteiger charge is 2.57. The third-order valence-corrected chi connectivity index (χ3v) is 5.53. The van der Waals surface area contributed by atoms with Crippen molar-refractivity contribution in [1.29, 1.82) is 0 Å². The Morgan fingerprint density at radius 3 is 2.35 bits per heavy atom. The molecule has 0 bridgehead atoms. The van der Waals surface area contributed by atoms with E-state index in [1.807, 2.05) is 4.90 Å². The van der Waals surface area contributed by atoms with Crippen molar-refractivity contribution in [2.45, 2.75) is 59.2 Å². The summed E-state index contributed by atoms with van der Waals surface area (Å²) in [6.07, 6.45) is -0.129. The summed E-state index contributed by atoms with van der Waals surface area (Å²) < 4.78 is 5.82. The molecule has 20 heavy (non-hydrogen) atoms. The standard InChI is InChI=1S/C16H30N2O2/c1-10(2)13-12(5)14-16(6,11(3)4)20-15(19)18(14)9-8-17(13)7/h10-14H,8-9H2,1-7H3. The number of hydrogen-bond donors (Lipinski definition) is 0. The SMILES string of the molecule is CC(C)C1C(C)C2N(CCN1C)C(=O)OC2(C)C(C)C. The van der Waals surface area contributed by atoms with E-state index in [1.165, 1.54) is 0 Å². The Bertz CT molecular complexity index is 383. The zero-order chi connectivity index (χ0) is 15.2. The molecule has 2 rings (SSSR count). The fraction of sp³-hybridized carbons (Fsp3) is 0.938. The van der Waals surface area contributed by atoms with E-state index in [2.05, 4.69) is 53.5 Å². The third kappa shape index (κ3) is 2.22. The van der Waals surface area contributed by atoms with E-state index >= 15 is 0 Å². The number of cyclic esters (lactones) is 1. The second-order valence-corrected chi connectivity index (χ2v) is 7.42. The number of amides is 1. The number of hydrogen-bond acceptors (Lipinski definition) is 3. The first-order chi connectivity index (χ1) is 9.20. The minimum Gasteiger partial charge on any atom is -0.441 e. The Morgan fingerprint density at radius 1 is 1.25 bits per heavy atom. The minimum absolute atomic E-state index is 0.129. The molecule has 2 aliphatic heterocycles. The molecular weight excluding hydrogens is 252 g/mol. The maximum atomic E-state index is 12.3. The molecule has 0 aromatic carbocycles. The van der Waals surface area contributed by atoms with Crippen LogP contribution in [0.1, 0.15) is 41.5 Å². The smallest absolute Gasteiger partial charge is 0.410 e. The fourth-order valence-electron chi connectivity index (χ4n) is 4.34. The number of nitrogens with zero attached hydrogens (tertiary/aromatic N) is 2. The van der Waals surface area contributed by atoms with Crippen LogP contribution in [0.25, 0.3) is 0 Å². The van der Waals surface area contributed by atoms with Gasteiger partial charge in [-0.15, -0.1) is 0 Å². The van der Waals surface area contributed by atoms with Crippen molar-refractivity contribution in [1.82, 2.24) is 9.80 Å². The van der Waals surface area contributed by atoms with Crippen molar-refractivity contribution >= 4 is 6.09 Å². The van der Waals surface area contributed by atoms with Crippen LogP contribution in [0.3, 0.4) is 0 Å². The molecule has 2 fully saturated rings. The first kappa shape index (κ1) is 15.6. The maximum Gasteiger partial charge on any atom is 0.410 e. The normalized spacial score (nSPS) is 39.1. The maximum absolute atomic E-state index is 12.3. The van der Waals surface area contributed by atoms with Gasteiger partial charge in [0.05, 0.1) is 6.04 Å². The van der Waals surface area contributed by atoms with Gasteiger partial charge in [-0.05, 0) is 31.7 Å². The predicted molar refractivity (Wildman–Crippen MR) is 80.6 cm³/mol. The van der Waals surface area contributed by atoms with Gasteiger partial charge in [0.1, 0.15) is 5.60 Å².